The second-order valence-electron chi connectivity index (χ2n) is 5.32. The van der Waals surface area contributed by atoms with Crippen LogP contribution in [0.1, 0.15) is 17.0 Å². The van der Waals surface area contributed by atoms with Gasteiger partial charge in [-0.05, 0) is 23.8 Å². The van der Waals surface area contributed by atoms with Crippen LogP contribution in [0.25, 0.3) is 6.08 Å². The Bertz CT molecular complexity index is 753. The van der Waals surface area contributed by atoms with Crippen LogP contribution in [0.2, 0.25) is 0 Å². The van der Waals surface area contributed by atoms with Crippen LogP contribution < -0.4 is 14.2 Å². The maximum absolute atomic E-state index is 12.2. The van der Waals surface area contributed by atoms with E-state index in [4.69, 9.17) is 9.47 Å². The molecular weight excluding hydrogens is 322 g/mol. The largest absolute Gasteiger partial charge is 0.618 e. The number of rotatable bonds is 7. The molecule has 0 aliphatic carbocycles. The molecule has 2 aromatic rings. The van der Waals surface area contributed by atoms with Crippen LogP contribution in [0, 0.1) is 12.1 Å². The highest BCUT2D eigenvalue weighted by Gasteiger charge is 2.14. The van der Waals surface area contributed by atoms with Crippen LogP contribution >= 0.6 is 0 Å². The SMILES string of the molecule is COC(=O)/C=C/c1c(OCCc2ccc(OC)cc2)ccc(C)[n+]1[O-]. The number of benzene rings is 1. The number of ether oxygens (including phenoxy) is 3. The van der Waals surface area contributed by atoms with Gasteiger partial charge in [-0.1, -0.05) is 12.1 Å². The fraction of sp³-hybridized carbons (Fsp3) is 0.263. The predicted octanol–water partition coefficient (Wildman–Crippen LogP) is 2.44. The van der Waals surface area contributed by atoms with E-state index in [-0.39, 0.29) is 5.69 Å². The Labute approximate surface area is 146 Å². The summed E-state index contributed by atoms with van der Waals surface area (Å²) in [6.45, 7) is 2.08. The molecule has 6 nitrogen and oxygen atoms in total. The predicted molar refractivity (Wildman–Crippen MR) is 93.4 cm³/mol. The first-order valence-corrected chi connectivity index (χ1v) is 7.80. The fourth-order valence-corrected chi connectivity index (χ4v) is 2.20. The number of nitrogens with zero attached hydrogens (tertiary/aromatic N) is 1. The number of aryl methyl sites for hydroxylation is 1. The molecule has 0 N–H and O–H groups in total. The maximum Gasteiger partial charge on any atom is 0.330 e. The summed E-state index contributed by atoms with van der Waals surface area (Å²) < 4.78 is 16.1. The van der Waals surface area contributed by atoms with E-state index < -0.39 is 5.97 Å². The summed E-state index contributed by atoms with van der Waals surface area (Å²) in [7, 11) is 2.90. The quantitative estimate of drug-likeness (QED) is 0.334. The van der Waals surface area contributed by atoms with Gasteiger partial charge in [-0.3, -0.25) is 0 Å². The number of methoxy groups -OCH3 is 2. The van der Waals surface area contributed by atoms with Crippen LogP contribution in [0.15, 0.2) is 42.5 Å². The molecule has 0 amide bonds. The van der Waals surface area contributed by atoms with Gasteiger partial charge < -0.3 is 19.4 Å². The number of hydrogen-bond acceptors (Lipinski definition) is 5. The van der Waals surface area contributed by atoms with Crippen molar-refractivity contribution in [1.29, 1.82) is 0 Å². The lowest BCUT2D eigenvalue weighted by Crippen LogP contribution is -2.34. The zero-order valence-electron chi connectivity index (χ0n) is 14.5. The molecule has 6 heteroatoms. The normalized spacial score (nSPS) is 10.7. The highest BCUT2D eigenvalue weighted by molar-refractivity contribution is 5.86. The number of hydrogen-bond donors (Lipinski definition) is 0. The van der Waals surface area contributed by atoms with Crippen LogP contribution in [0.3, 0.4) is 0 Å². The summed E-state index contributed by atoms with van der Waals surface area (Å²) in [5.74, 6) is 0.672. The molecule has 1 aromatic heterocycles. The number of aromatic nitrogens is 1. The van der Waals surface area contributed by atoms with E-state index in [0.29, 0.717) is 24.5 Å². The fourth-order valence-electron chi connectivity index (χ4n) is 2.20. The lowest BCUT2D eigenvalue weighted by molar-refractivity contribution is -0.614. The number of esters is 1. The Kier molecular flexibility index (Phi) is 6.39. The van der Waals surface area contributed by atoms with Gasteiger partial charge in [-0.25, -0.2) is 4.79 Å². The monoisotopic (exact) mass is 343 g/mol. The van der Waals surface area contributed by atoms with Gasteiger partial charge >= 0.3 is 5.97 Å². The molecule has 1 aromatic carbocycles. The van der Waals surface area contributed by atoms with Crippen molar-refractivity contribution in [2.75, 3.05) is 20.8 Å². The minimum absolute atomic E-state index is 0.264. The summed E-state index contributed by atoms with van der Waals surface area (Å²) >= 11 is 0. The molecule has 0 radical (unpaired) electrons. The molecule has 0 spiro atoms. The molecule has 0 aliphatic rings. The van der Waals surface area contributed by atoms with Crippen molar-refractivity contribution < 1.29 is 23.7 Å². The van der Waals surface area contributed by atoms with Gasteiger partial charge in [0.1, 0.15) is 5.75 Å². The van der Waals surface area contributed by atoms with Crippen molar-refractivity contribution in [2.24, 2.45) is 0 Å². The van der Waals surface area contributed by atoms with Crippen molar-refractivity contribution in [1.82, 2.24) is 0 Å². The average molecular weight is 343 g/mol. The van der Waals surface area contributed by atoms with Crippen LogP contribution in [0.5, 0.6) is 11.5 Å². The van der Waals surface area contributed by atoms with Gasteiger partial charge in [0.05, 0.1) is 20.8 Å². The Balaban J connectivity index is 2.08. The van der Waals surface area contributed by atoms with Crippen molar-refractivity contribution in [2.45, 2.75) is 13.3 Å². The second-order valence-corrected chi connectivity index (χ2v) is 5.32. The van der Waals surface area contributed by atoms with Gasteiger partial charge in [0.2, 0.25) is 0 Å². The Morgan fingerprint density at radius 2 is 1.88 bits per heavy atom. The molecule has 0 aliphatic heterocycles. The zero-order chi connectivity index (χ0) is 18.2. The summed E-state index contributed by atoms with van der Waals surface area (Å²) in [5, 5.41) is 12.2. The summed E-state index contributed by atoms with van der Waals surface area (Å²) in [5.41, 5.74) is 1.86. The molecule has 132 valence electrons. The molecule has 25 heavy (non-hydrogen) atoms. The highest BCUT2D eigenvalue weighted by Crippen LogP contribution is 2.18. The molecular formula is C19H21NO5. The Morgan fingerprint density at radius 1 is 1.16 bits per heavy atom. The van der Waals surface area contributed by atoms with Crippen LogP contribution in [0.4, 0.5) is 0 Å². The molecule has 0 unspecified atom stereocenters. The first-order valence-electron chi connectivity index (χ1n) is 7.80. The van der Waals surface area contributed by atoms with E-state index >= 15 is 0 Å². The summed E-state index contributed by atoms with van der Waals surface area (Å²) in [4.78, 5) is 11.3. The van der Waals surface area contributed by atoms with E-state index in [1.165, 1.54) is 19.3 Å². The average Bonchev–Trinajstić information content (AvgIpc) is 2.64. The highest BCUT2D eigenvalue weighted by atomic mass is 16.5. The third-order valence-corrected chi connectivity index (χ3v) is 3.65. The van der Waals surface area contributed by atoms with Crippen molar-refractivity contribution in [3.63, 3.8) is 0 Å². The topological polar surface area (TPSA) is 71.7 Å². The summed E-state index contributed by atoms with van der Waals surface area (Å²) in [6, 6.07) is 11.1. The Hall–Kier alpha value is -3.02. The Morgan fingerprint density at radius 3 is 2.52 bits per heavy atom. The van der Waals surface area contributed by atoms with E-state index in [1.54, 1.807) is 26.2 Å². The van der Waals surface area contributed by atoms with E-state index in [0.717, 1.165) is 16.0 Å². The number of pyridine rings is 1. The van der Waals surface area contributed by atoms with Crippen molar-refractivity contribution >= 4 is 12.0 Å². The maximum atomic E-state index is 12.2. The van der Waals surface area contributed by atoms with Gasteiger partial charge in [0.25, 0.3) is 5.69 Å². The van der Waals surface area contributed by atoms with Crippen molar-refractivity contribution in [3.05, 3.63) is 64.6 Å². The van der Waals surface area contributed by atoms with Gasteiger partial charge in [0, 0.05) is 31.6 Å². The lowest BCUT2D eigenvalue weighted by Gasteiger charge is -2.11. The van der Waals surface area contributed by atoms with E-state index in [9.17, 15) is 10.0 Å². The second kappa shape index (κ2) is 8.73. The number of carbonyl (C=O) groups excluding carboxylic acids is 1. The van der Waals surface area contributed by atoms with Crippen LogP contribution in [-0.4, -0.2) is 26.8 Å². The molecule has 1 heterocycles. The standard InChI is InChI=1S/C19H21NO5/c1-14-4-10-18(17(20(14)22)9-11-19(21)24-3)25-13-12-15-5-7-16(23-2)8-6-15/h4-11H,12-13H2,1-3H3/b11-9+. The lowest BCUT2D eigenvalue weighted by atomic mass is 10.1. The molecule has 0 fully saturated rings. The van der Waals surface area contributed by atoms with Gasteiger partial charge in [0.15, 0.2) is 11.4 Å². The minimum atomic E-state index is -0.536. The molecule has 0 atom stereocenters. The van der Waals surface area contributed by atoms with Gasteiger partial charge in [-0.2, -0.15) is 4.73 Å². The first kappa shape index (κ1) is 18.3. The van der Waals surface area contributed by atoms with E-state index in [2.05, 4.69) is 4.74 Å². The zero-order valence-corrected chi connectivity index (χ0v) is 14.5. The van der Waals surface area contributed by atoms with E-state index in [1.807, 2.05) is 24.3 Å². The molecule has 0 saturated heterocycles. The summed E-state index contributed by atoms with van der Waals surface area (Å²) in [6.07, 6.45) is 3.27. The minimum Gasteiger partial charge on any atom is -0.618 e. The molecule has 0 saturated carbocycles. The molecule has 2 rings (SSSR count). The van der Waals surface area contributed by atoms with Crippen molar-refractivity contribution in [3.8, 4) is 11.5 Å². The molecule has 0 bridgehead atoms. The third kappa shape index (κ3) is 4.97. The van der Waals surface area contributed by atoms with Gasteiger partial charge in [-0.15, -0.1) is 0 Å². The first-order chi connectivity index (χ1) is 12.0. The number of carbonyl (C=O) groups is 1. The third-order valence-electron chi connectivity index (χ3n) is 3.65. The smallest absolute Gasteiger partial charge is 0.330 e. The van der Waals surface area contributed by atoms with Crippen LogP contribution in [-0.2, 0) is 16.0 Å².